The second-order valence-corrected chi connectivity index (χ2v) is 12.3. The number of hydrogen-bond donors (Lipinski definition) is 0. The molecular formula is C38H66O4. The quantitative estimate of drug-likeness (QED) is 0.0664. The van der Waals surface area contributed by atoms with E-state index in [9.17, 15) is 9.59 Å². The molecule has 0 N–H and O–H groups in total. The van der Waals surface area contributed by atoms with Crippen LogP contribution >= 0.6 is 0 Å². The number of carbonyl (C=O) groups excluding carboxylic acids is 2. The Bertz CT molecular complexity index is 742. The smallest absolute Gasteiger partial charge is 0.338 e. The number of ether oxygens (including phenoxy) is 2. The Morgan fingerprint density at radius 1 is 0.381 bits per heavy atom. The molecule has 0 spiro atoms. The van der Waals surface area contributed by atoms with Gasteiger partial charge in [-0.2, -0.15) is 0 Å². The molecule has 0 aromatic heterocycles. The first-order valence-electron chi connectivity index (χ1n) is 18.1. The summed E-state index contributed by atoms with van der Waals surface area (Å²) in [5.41, 5.74) is 0.967. The van der Waals surface area contributed by atoms with Gasteiger partial charge in [0.25, 0.3) is 0 Å². The predicted octanol–water partition coefficient (Wildman–Crippen LogP) is 12.2. The first kappa shape index (κ1) is 38.2. The molecule has 0 heterocycles. The van der Waals surface area contributed by atoms with Gasteiger partial charge in [-0.1, -0.05) is 168 Å². The third-order valence-corrected chi connectivity index (χ3v) is 8.32. The van der Waals surface area contributed by atoms with Crippen LogP contribution in [0.5, 0.6) is 0 Å². The van der Waals surface area contributed by atoms with Crippen molar-refractivity contribution in [1.29, 1.82) is 0 Å². The van der Waals surface area contributed by atoms with E-state index in [1.54, 1.807) is 24.3 Å². The summed E-state index contributed by atoms with van der Waals surface area (Å²) >= 11 is 0. The minimum atomic E-state index is -0.320. The van der Waals surface area contributed by atoms with Crippen molar-refractivity contribution in [2.24, 2.45) is 0 Å². The molecule has 0 atom stereocenters. The third kappa shape index (κ3) is 22.7. The minimum Gasteiger partial charge on any atom is -0.462 e. The highest BCUT2D eigenvalue weighted by atomic mass is 16.5. The van der Waals surface area contributed by atoms with Crippen molar-refractivity contribution < 1.29 is 19.1 Å². The number of hydrogen-bond acceptors (Lipinski definition) is 4. The molecule has 4 nitrogen and oxygen atoms in total. The first-order valence-corrected chi connectivity index (χ1v) is 18.1. The molecule has 42 heavy (non-hydrogen) atoms. The van der Waals surface area contributed by atoms with Crippen molar-refractivity contribution in [1.82, 2.24) is 0 Å². The molecular weight excluding hydrogens is 520 g/mol. The van der Waals surface area contributed by atoms with Crippen molar-refractivity contribution in [2.75, 3.05) is 13.2 Å². The highest BCUT2D eigenvalue weighted by Gasteiger charge is 2.11. The standard InChI is InChI=1S/C38H66O4/c1-3-5-7-9-11-13-15-16-17-18-19-20-22-24-26-28-34-42-38(40)36-31-29-35(30-32-36)37(39)41-33-27-25-23-21-14-12-10-8-6-4-2/h29-32H,3-28,33-34H2,1-2H3. The van der Waals surface area contributed by atoms with E-state index in [1.165, 1.54) is 141 Å². The zero-order valence-corrected chi connectivity index (χ0v) is 27.7. The van der Waals surface area contributed by atoms with Crippen LogP contribution in [0.15, 0.2) is 24.3 Å². The Morgan fingerprint density at radius 2 is 0.595 bits per heavy atom. The summed E-state index contributed by atoms with van der Waals surface area (Å²) in [7, 11) is 0. The van der Waals surface area contributed by atoms with Gasteiger partial charge in [0.2, 0.25) is 0 Å². The molecule has 4 heteroatoms. The fourth-order valence-corrected chi connectivity index (χ4v) is 5.48. The monoisotopic (exact) mass is 586 g/mol. The second-order valence-electron chi connectivity index (χ2n) is 12.3. The molecule has 0 radical (unpaired) electrons. The average molecular weight is 587 g/mol. The zero-order valence-electron chi connectivity index (χ0n) is 27.7. The molecule has 0 saturated heterocycles. The largest absolute Gasteiger partial charge is 0.462 e. The molecule has 1 aromatic carbocycles. The van der Waals surface area contributed by atoms with Gasteiger partial charge in [0.05, 0.1) is 24.3 Å². The van der Waals surface area contributed by atoms with Crippen LogP contribution in [0, 0.1) is 0 Å². The molecule has 0 aliphatic heterocycles. The van der Waals surface area contributed by atoms with Gasteiger partial charge in [0, 0.05) is 0 Å². The van der Waals surface area contributed by atoms with Gasteiger partial charge in [-0.05, 0) is 37.1 Å². The molecule has 1 rings (SSSR count). The van der Waals surface area contributed by atoms with E-state index in [0.29, 0.717) is 24.3 Å². The van der Waals surface area contributed by atoms with Gasteiger partial charge >= 0.3 is 11.9 Å². The Morgan fingerprint density at radius 3 is 0.833 bits per heavy atom. The average Bonchev–Trinajstić information content (AvgIpc) is 3.01. The minimum absolute atomic E-state index is 0.318. The van der Waals surface area contributed by atoms with E-state index in [4.69, 9.17) is 9.47 Å². The fourth-order valence-electron chi connectivity index (χ4n) is 5.48. The summed E-state index contributed by atoms with van der Waals surface area (Å²) in [5, 5.41) is 0. The lowest BCUT2D eigenvalue weighted by molar-refractivity contribution is 0.0483. The van der Waals surface area contributed by atoms with Gasteiger partial charge in [-0.25, -0.2) is 9.59 Å². The van der Waals surface area contributed by atoms with Crippen LogP contribution in [0.25, 0.3) is 0 Å². The lowest BCUT2D eigenvalue weighted by Gasteiger charge is -2.07. The van der Waals surface area contributed by atoms with Crippen LogP contribution in [0.2, 0.25) is 0 Å². The molecule has 0 bridgehead atoms. The van der Waals surface area contributed by atoms with Crippen molar-refractivity contribution in [2.45, 2.75) is 181 Å². The van der Waals surface area contributed by atoms with Crippen LogP contribution in [0.3, 0.4) is 0 Å². The zero-order chi connectivity index (χ0) is 30.4. The van der Waals surface area contributed by atoms with Gasteiger partial charge < -0.3 is 9.47 Å². The second kappa shape index (κ2) is 29.2. The maximum atomic E-state index is 12.3. The number of unbranched alkanes of at least 4 members (excludes halogenated alkanes) is 24. The maximum Gasteiger partial charge on any atom is 0.338 e. The molecule has 0 amide bonds. The van der Waals surface area contributed by atoms with Gasteiger partial charge in [0.1, 0.15) is 0 Å². The Balaban J connectivity index is 1.95. The number of carbonyl (C=O) groups is 2. The van der Waals surface area contributed by atoms with E-state index < -0.39 is 0 Å². The van der Waals surface area contributed by atoms with Gasteiger partial charge in [-0.15, -0.1) is 0 Å². The van der Waals surface area contributed by atoms with E-state index in [0.717, 1.165) is 25.7 Å². The first-order chi connectivity index (χ1) is 20.7. The summed E-state index contributed by atoms with van der Waals surface area (Å²) in [6.07, 6.45) is 33.8. The van der Waals surface area contributed by atoms with E-state index >= 15 is 0 Å². The number of esters is 2. The van der Waals surface area contributed by atoms with E-state index in [1.807, 2.05) is 0 Å². The summed E-state index contributed by atoms with van der Waals surface area (Å²) in [6, 6.07) is 6.64. The Labute approximate surface area is 260 Å². The molecule has 0 aliphatic rings. The van der Waals surface area contributed by atoms with Crippen LogP contribution < -0.4 is 0 Å². The summed E-state index contributed by atoms with van der Waals surface area (Å²) in [4.78, 5) is 24.6. The lowest BCUT2D eigenvalue weighted by atomic mass is 10.0. The number of rotatable bonds is 30. The van der Waals surface area contributed by atoms with Crippen molar-refractivity contribution in [3.05, 3.63) is 35.4 Å². The third-order valence-electron chi connectivity index (χ3n) is 8.32. The predicted molar refractivity (Wildman–Crippen MR) is 178 cm³/mol. The molecule has 0 aliphatic carbocycles. The topological polar surface area (TPSA) is 52.6 Å². The van der Waals surface area contributed by atoms with Crippen molar-refractivity contribution in [3.8, 4) is 0 Å². The van der Waals surface area contributed by atoms with Crippen molar-refractivity contribution >= 4 is 11.9 Å². The Kier molecular flexibility index (Phi) is 26.6. The van der Waals surface area contributed by atoms with Gasteiger partial charge in [-0.3, -0.25) is 0 Å². The van der Waals surface area contributed by atoms with E-state index in [-0.39, 0.29) is 11.9 Å². The molecule has 0 fully saturated rings. The van der Waals surface area contributed by atoms with Crippen molar-refractivity contribution in [3.63, 3.8) is 0 Å². The summed E-state index contributed by atoms with van der Waals surface area (Å²) < 4.78 is 10.8. The van der Waals surface area contributed by atoms with Crippen LogP contribution in [-0.2, 0) is 9.47 Å². The molecule has 0 unspecified atom stereocenters. The molecule has 242 valence electrons. The summed E-state index contributed by atoms with van der Waals surface area (Å²) in [5.74, 6) is -0.639. The van der Waals surface area contributed by atoms with Crippen LogP contribution in [0.4, 0.5) is 0 Å². The lowest BCUT2D eigenvalue weighted by Crippen LogP contribution is -2.09. The normalized spacial score (nSPS) is 11.1. The van der Waals surface area contributed by atoms with Crippen LogP contribution in [-0.4, -0.2) is 25.2 Å². The Hall–Kier alpha value is -1.84. The molecule has 0 saturated carbocycles. The number of benzene rings is 1. The summed E-state index contributed by atoms with van der Waals surface area (Å²) in [6.45, 7) is 5.44. The van der Waals surface area contributed by atoms with E-state index in [2.05, 4.69) is 13.8 Å². The maximum absolute atomic E-state index is 12.3. The SMILES string of the molecule is CCCCCCCCCCCCCCCCCCOC(=O)c1ccc(C(=O)OCCCCCCCCCCCC)cc1. The fraction of sp³-hybridized carbons (Fsp3) is 0.789. The van der Waals surface area contributed by atoms with Crippen LogP contribution in [0.1, 0.15) is 202 Å². The highest BCUT2D eigenvalue weighted by Crippen LogP contribution is 2.15. The van der Waals surface area contributed by atoms with Gasteiger partial charge in [0.15, 0.2) is 0 Å². The molecule has 1 aromatic rings. The highest BCUT2D eigenvalue weighted by molar-refractivity contribution is 5.93.